The first-order valence-electron chi connectivity index (χ1n) is 8.16. The number of allylic oxidation sites excluding steroid dienone is 3. The van der Waals surface area contributed by atoms with E-state index in [-0.39, 0.29) is 0 Å². The molecule has 0 aliphatic carbocycles. The third-order valence-corrected chi connectivity index (χ3v) is 4.43. The van der Waals surface area contributed by atoms with E-state index in [2.05, 4.69) is 13.0 Å². The molecule has 2 N–H and O–H groups in total. The van der Waals surface area contributed by atoms with Crippen LogP contribution in [0.15, 0.2) is 71.0 Å². The first-order chi connectivity index (χ1) is 12.1. The van der Waals surface area contributed by atoms with E-state index < -0.39 is 0 Å². The fraction of sp³-hybridized carbons (Fsp3) is 0.150. The van der Waals surface area contributed by atoms with Crippen LogP contribution in [0.4, 0.5) is 0 Å². The molecule has 3 nitrogen and oxygen atoms in total. The summed E-state index contributed by atoms with van der Waals surface area (Å²) >= 11 is 6.20. The normalized spacial score (nSPS) is 16.3. The molecule has 0 saturated carbocycles. The summed E-state index contributed by atoms with van der Waals surface area (Å²) < 4.78 is 1.61. The largest absolute Gasteiger partial charge is 0.403 e. The smallest absolute Gasteiger partial charge is 0.234 e. The molecule has 0 saturated heterocycles. The van der Waals surface area contributed by atoms with Crippen molar-refractivity contribution in [2.45, 2.75) is 13.3 Å². The van der Waals surface area contributed by atoms with Gasteiger partial charge in [-0.3, -0.25) is 0 Å². The lowest BCUT2D eigenvalue weighted by Crippen LogP contribution is -2.05. The Balaban J connectivity index is 1.97. The number of nitrogens with zero attached hydrogens (tertiary/aromatic N) is 2. The number of hydrogen-bond donors (Lipinski definition) is 1. The topological polar surface area (TPSA) is 43.3 Å². The van der Waals surface area contributed by atoms with Gasteiger partial charge in [0.1, 0.15) is 0 Å². The molecule has 1 aromatic heterocycles. The molecular weight excluding hydrogens is 329 g/mol. The molecule has 2 radical (unpaired) electrons. The summed E-state index contributed by atoms with van der Waals surface area (Å²) in [6.45, 7) is 2.59. The van der Waals surface area contributed by atoms with Gasteiger partial charge < -0.3 is 10.2 Å². The third kappa shape index (κ3) is 3.86. The molecule has 0 amide bonds. The van der Waals surface area contributed by atoms with Crippen molar-refractivity contribution < 1.29 is 0 Å². The Bertz CT molecular complexity index is 903. The van der Waals surface area contributed by atoms with Crippen LogP contribution in [0.5, 0.6) is 0 Å². The number of rotatable bonds is 5. The summed E-state index contributed by atoms with van der Waals surface area (Å²) in [6.07, 6.45) is 8.54. The Labute approximate surface area is 154 Å². The van der Waals surface area contributed by atoms with Crippen molar-refractivity contribution >= 4 is 36.9 Å². The number of nitrogens with two attached hydrogens (primary N) is 1. The molecule has 2 heterocycles. The summed E-state index contributed by atoms with van der Waals surface area (Å²) in [5, 5.41) is 0.721. The maximum atomic E-state index is 6.20. The zero-order valence-electron chi connectivity index (χ0n) is 14.1. The minimum Gasteiger partial charge on any atom is -0.403 e. The predicted octanol–water partition coefficient (Wildman–Crippen LogP) is 4.25. The van der Waals surface area contributed by atoms with Crippen LogP contribution in [-0.4, -0.2) is 24.7 Å². The standard InChI is InChI=1S/C20H19BClN3/c1-14-13-16(9-8-15-5-2-3-6-18(15)22)24-20(14)17(10-11-23)19-7-4-12-25(19)21/h2-9,12-13H,10-11,23H2,1H3/b9-8+,20-17-. The summed E-state index contributed by atoms with van der Waals surface area (Å²) in [7, 11) is 6.02. The maximum absolute atomic E-state index is 6.20. The van der Waals surface area contributed by atoms with Crippen LogP contribution < -0.4 is 5.73 Å². The van der Waals surface area contributed by atoms with Gasteiger partial charge in [0.25, 0.3) is 0 Å². The molecule has 25 heavy (non-hydrogen) atoms. The molecule has 1 aromatic carbocycles. The first-order valence-corrected chi connectivity index (χ1v) is 8.54. The fourth-order valence-electron chi connectivity index (χ4n) is 2.88. The molecule has 0 spiro atoms. The Morgan fingerprint density at radius 2 is 2.04 bits per heavy atom. The third-order valence-electron chi connectivity index (χ3n) is 4.09. The molecule has 124 valence electrons. The minimum atomic E-state index is 0.539. The first kappa shape index (κ1) is 17.5. The molecule has 2 aromatic rings. The molecule has 1 aliphatic rings. The van der Waals surface area contributed by atoms with Crippen LogP contribution >= 0.6 is 11.6 Å². The second kappa shape index (κ2) is 7.73. The molecule has 0 fully saturated rings. The van der Waals surface area contributed by atoms with Crippen LogP contribution in [0, 0.1) is 0 Å². The molecule has 1 aliphatic heterocycles. The second-order valence-electron chi connectivity index (χ2n) is 5.89. The lowest BCUT2D eigenvalue weighted by atomic mass is 10.0. The van der Waals surface area contributed by atoms with Gasteiger partial charge in [-0.25, -0.2) is 4.99 Å². The monoisotopic (exact) mass is 347 g/mol. The van der Waals surface area contributed by atoms with Gasteiger partial charge in [-0.15, -0.1) is 0 Å². The average Bonchev–Trinajstić information content (AvgIpc) is 3.18. The second-order valence-corrected chi connectivity index (χ2v) is 6.29. The van der Waals surface area contributed by atoms with Gasteiger partial charge >= 0.3 is 0 Å². The van der Waals surface area contributed by atoms with Crippen LogP contribution in [0.3, 0.4) is 0 Å². The van der Waals surface area contributed by atoms with E-state index in [9.17, 15) is 0 Å². The number of hydrogen-bond acceptors (Lipinski definition) is 2. The quantitative estimate of drug-likeness (QED) is 0.807. The zero-order valence-corrected chi connectivity index (χ0v) is 14.9. The number of aliphatic imine (C=N–C) groups is 1. The van der Waals surface area contributed by atoms with Crippen LogP contribution in [0.2, 0.25) is 5.02 Å². The van der Waals surface area contributed by atoms with Gasteiger partial charge in [-0.2, -0.15) is 0 Å². The van der Waals surface area contributed by atoms with Crippen LogP contribution in [0.1, 0.15) is 24.6 Å². The van der Waals surface area contributed by atoms with E-state index in [1.54, 1.807) is 4.48 Å². The maximum Gasteiger partial charge on any atom is 0.234 e. The highest BCUT2D eigenvalue weighted by Crippen LogP contribution is 2.31. The van der Waals surface area contributed by atoms with Gasteiger partial charge in [0.05, 0.1) is 11.4 Å². The van der Waals surface area contributed by atoms with Gasteiger partial charge in [0.2, 0.25) is 7.98 Å². The molecule has 5 heteroatoms. The van der Waals surface area contributed by atoms with Gasteiger partial charge in [0, 0.05) is 16.3 Å². The zero-order chi connectivity index (χ0) is 17.8. The number of benzene rings is 1. The average molecular weight is 348 g/mol. The van der Waals surface area contributed by atoms with Crippen molar-refractivity contribution in [1.82, 2.24) is 4.48 Å². The summed E-state index contributed by atoms with van der Waals surface area (Å²) in [5.41, 5.74) is 11.7. The Morgan fingerprint density at radius 1 is 1.24 bits per heavy atom. The number of halogens is 1. The molecular formula is C20H19BClN3. The van der Waals surface area contributed by atoms with Crippen LogP contribution in [0.25, 0.3) is 11.6 Å². The van der Waals surface area contributed by atoms with Gasteiger partial charge in [-0.05, 0) is 67.6 Å². The highest BCUT2D eigenvalue weighted by atomic mass is 35.5. The summed E-state index contributed by atoms with van der Waals surface area (Å²) in [4.78, 5) is 4.78. The molecule has 0 bridgehead atoms. The van der Waals surface area contributed by atoms with E-state index >= 15 is 0 Å². The lowest BCUT2D eigenvalue weighted by molar-refractivity contribution is 0.997. The van der Waals surface area contributed by atoms with E-state index in [0.717, 1.165) is 38.8 Å². The van der Waals surface area contributed by atoms with Crippen molar-refractivity contribution in [3.05, 3.63) is 82.3 Å². The minimum absolute atomic E-state index is 0.539. The van der Waals surface area contributed by atoms with Gasteiger partial charge in [0.15, 0.2) is 0 Å². The number of aromatic nitrogens is 1. The van der Waals surface area contributed by atoms with E-state index in [1.165, 1.54) is 0 Å². The van der Waals surface area contributed by atoms with Crippen molar-refractivity contribution in [2.75, 3.05) is 6.54 Å². The van der Waals surface area contributed by atoms with Crippen molar-refractivity contribution in [3.8, 4) is 0 Å². The summed E-state index contributed by atoms with van der Waals surface area (Å²) in [6, 6.07) is 11.6. The Morgan fingerprint density at radius 3 is 2.72 bits per heavy atom. The fourth-order valence-corrected chi connectivity index (χ4v) is 3.08. The molecule has 3 rings (SSSR count). The predicted molar refractivity (Wildman–Crippen MR) is 108 cm³/mol. The van der Waals surface area contributed by atoms with Crippen molar-refractivity contribution in [2.24, 2.45) is 10.7 Å². The van der Waals surface area contributed by atoms with Crippen LogP contribution in [-0.2, 0) is 0 Å². The SMILES string of the molecule is [B]n1cccc1/C(CCN)=C1N=C(/C=C/c2ccccc2Cl)C=C\1C. The van der Waals surface area contributed by atoms with E-state index in [0.29, 0.717) is 13.0 Å². The molecule has 0 atom stereocenters. The molecule has 0 unspecified atom stereocenters. The Kier molecular flexibility index (Phi) is 5.42. The Hall–Kier alpha value is -2.30. The lowest BCUT2D eigenvalue weighted by Gasteiger charge is -2.11. The summed E-state index contributed by atoms with van der Waals surface area (Å²) in [5.74, 6) is 0. The van der Waals surface area contributed by atoms with Crippen molar-refractivity contribution in [3.63, 3.8) is 0 Å². The van der Waals surface area contributed by atoms with Gasteiger partial charge in [-0.1, -0.05) is 35.9 Å². The van der Waals surface area contributed by atoms with Crippen molar-refractivity contribution in [1.29, 1.82) is 0 Å². The highest BCUT2D eigenvalue weighted by molar-refractivity contribution is 6.32. The highest BCUT2D eigenvalue weighted by Gasteiger charge is 2.16. The van der Waals surface area contributed by atoms with E-state index in [4.69, 9.17) is 30.3 Å². The van der Waals surface area contributed by atoms with E-state index in [1.807, 2.05) is 54.7 Å².